The fraction of sp³-hybridized carbons (Fsp3) is 1.00. The van der Waals surface area contributed by atoms with Gasteiger partial charge >= 0.3 is 0 Å². The van der Waals surface area contributed by atoms with Crippen LogP contribution in [0.15, 0.2) is 0 Å². The highest BCUT2D eigenvalue weighted by Gasteiger charge is 2.83. The third-order valence-corrected chi connectivity index (χ3v) is 6.22. The molecule has 3 rings (SSSR count). The van der Waals surface area contributed by atoms with Gasteiger partial charge in [-0.05, 0) is 22.1 Å². The molecule has 3 unspecified atom stereocenters. The Labute approximate surface area is 90.1 Å². The fourth-order valence-corrected chi connectivity index (χ4v) is 4.94. The van der Waals surface area contributed by atoms with Gasteiger partial charge in [0, 0.05) is 0 Å². The van der Waals surface area contributed by atoms with Crippen molar-refractivity contribution in [1.82, 2.24) is 0 Å². The molecule has 2 saturated heterocycles. The van der Waals surface area contributed by atoms with Gasteiger partial charge < -0.3 is 0 Å². The first-order chi connectivity index (χ1) is 6.11. The molecule has 1 aliphatic carbocycles. The Morgan fingerprint density at radius 1 is 1.14 bits per heavy atom. The van der Waals surface area contributed by atoms with E-state index in [4.69, 9.17) is 0 Å². The Morgan fingerprint density at radius 2 is 1.57 bits per heavy atom. The molecule has 3 fully saturated rings. The smallest absolute Gasteiger partial charge is 0.0660 e. The second-order valence-electron chi connectivity index (χ2n) is 7.60. The molecule has 2 bridgehead atoms. The Hall–Kier alpha value is 0.0649. The molecular formula is C13H25B. The highest BCUT2D eigenvalue weighted by molar-refractivity contribution is 6.55. The molecule has 1 heteroatoms. The van der Waals surface area contributed by atoms with E-state index in [1.54, 1.807) is 0 Å². The normalized spacial score (nSPS) is 50.9. The summed E-state index contributed by atoms with van der Waals surface area (Å²) in [5, 5.41) is 1.30. The molecule has 0 aromatic heterocycles. The van der Waals surface area contributed by atoms with Crippen molar-refractivity contribution in [3.8, 4) is 0 Å². The standard InChI is InChI=1S/C13H25B/c1-9(2)12(7)11(6)8-13(12,14-11)10(3,4)5/h9,14H,8H2,1-7H3. The first kappa shape index (κ1) is 10.6. The van der Waals surface area contributed by atoms with Crippen molar-refractivity contribution in [2.45, 2.75) is 65.5 Å². The van der Waals surface area contributed by atoms with E-state index >= 15 is 0 Å². The third-order valence-electron chi connectivity index (χ3n) is 6.22. The van der Waals surface area contributed by atoms with Crippen LogP contribution < -0.4 is 0 Å². The summed E-state index contributed by atoms with van der Waals surface area (Å²) in [5.74, 6) is 0.828. The van der Waals surface area contributed by atoms with Gasteiger partial charge in [0.15, 0.2) is 0 Å². The molecular weight excluding hydrogens is 167 g/mol. The first-order valence-electron chi connectivity index (χ1n) is 6.11. The third kappa shape index (κ3) is 0.727. The Kier molecular flexibility index (Phi) is 1.70. The predicted octanol–water partition coefficient (Wildman–Crippen LogP) is 3.89. The van der Waals surface area contributed by atoms with E-state index in [0.717, 1.165) is 5.92 Å². The lowest BCUT2D eigenvalue weighted by Gasteiger charge is -2.87. The second-order valence-corrected chi connectivity index (χ2v) is 7.60. The molecule has 0 spiro atoms. The van der Waals surface area contributed by atoms with Gasteiger partial charge in [-0.3, -0.25) is 0 Å². The van der Waals surface area contributed by atoms with Crippen LogP contribution in [0.5, 0.6) is 0 Å². The molecule has 0 aromatic rings. The van der Waals surface area contributed by atoms with Crippen molar-refractivity contribution in [2.75, 3.05) is 0 Å². The molecule has 2 aliphatic heterocycles. The zero-order valence-corrected chi connectivity index (χ0v) is 11.0. The van der Waals surface area contributed by atoms with Crippen molar-refractivity contribution in [3.05, 3.63) is 0 Å². The van der Waals surface area contributed by atoms with Crippen LogP contribution in [0.3, 0.4) is 0 Å². The molecule has 0 aromatic carbocycles. The molecule has 0 radical (unpaired) electrons. The highest BCUT2D eigenvalue weighted by atomic mass is 14.8. The Bertz CT molecular complexity index is 260. The van der Waals surface area contributed by atoms with Crippen molar-refractivity contribution in [1.29, 1.82) is 0 Å². The van der Waals surface area contributed by atoms with E-state index in [0.29, 0.717) is 21.5 Å². The van der Waals surface area contributed by atoms with E-state index in [9.17, 15) is 0 Å². The van der Waals surface area contributed by atoms with Gasteiger partial charge in [-0.2, -0.15) is 0 Å². The van der Waals surface area contributed by atoms with Gasteiger partial charge in [0.25, 0.3) is 0 Å². The zero-order chi connectivity index (χ0) is 11.0. The van der Waals surface area contributed by atoms with Gasteiger partial charge in [-0.1, -0.05) is 60.2 Å². The second kappa shape index (κ2) is 2.25. The molecule has 3 atom stereocenters. The number of hydrogen-bond donors (Lipinski definition) is 0. The van der Waals surface area contributed by atoms with Crippen LogP contribution in [0.1, 0.15) is 54.9 Å². The average Bonchev–Trinajstić information content (AvgIpc) is 1.95. The van der Waals surface area contributed by atoms with Crippen LogP contribution >= 0.6 is 0 Å². The maximum Gasteiger partial charge on any atom is 0.137 e. The molecule has 1 saturated carbocycles. The summed E-state index contributed by atoms with van der Waals surface area (Å²) in [6.07, 6.45) is 1.47. The first-order valence-corrected chi connectivity index (χ1v) is 6.11. The van der Waals surface area contributed by atoms with Crippen molar-refractivity contribution in [3.63, 3.8) is 0 Å². The quantitative estimate of drug-likeness (QED) is 0.553. The Balaban J connectivity index is 2.37. The summed E-state index contributed by atoms with van der Waals surface area (Å²) in [6, 6.07) is 0. The highest BCUT2D eigenvalue weighted by Crippen LogP contribution is 2.94. The maximum absolute atomic E-state index is 2.54. The van der Waals surface area contributed by atoms with E-state index in [2.05, 4.69) is 48.5 Å². The molecule has 80 valence electrons. The SMILES string of the molecule is CC(C)C1(C)C2(C)BC1(C(C)(C)C)C2. The van der Waals surface area contributed by atoms with Crippen LogP contribution in [0, 0.1) is 16.7 Å². The zero-order valence-electron chi connectivity index (χ0n) is 11.0. The average molecular weight is 192 g/mol. The predicted molar refractivity (Wildman–Crippen MR) is 65.2 cm³/mol. The minimum absolute atomic E-state index is 0.490. The molecule has 3 aliphatic rings. The van der Waals surface area contributed by atoms with E-state index in [-0.39, 0.29) is 0 Å². The van der Waals surface area contributed by atoms with Crippen LogP contribution in [0.4, 0.5) is 0 Å². The van der Waals surface area contributed by atoms with Gasteiger partial charge in [0.1, 0.15) is 7.28 Å². The van der Waals surface area contributed by atoms with Gasteiger partial charge in [0.2, 0.25) is 0 Å². The molecule has 0 N–H and O–H groups in total. The monoisotopic (exact) mass is 192 g/mol. The lowest BCUT2D eigenvalue weighted by atomic mass is 8.98. The fourth-order valence-electron chi connectivity index (χ4n) is 4.94. The topological polar surface area (TPSA) is 0 Å². The van der Waals surface area contributed by atoms with Gasteiger partial charge in [-0.15, -0.1) is 0 Å². The van der Waals surface area contributed by atoms with Crippen molar-refractivity contribution < 1.29 is 0 Å². The van der Waals surface area contributed by atoms with E-state index in [1.165, 1.54) is 13.7 Å². The minimum atomic E-state index is 0.490. The van der Waals surface area contributed by atoms with Gasteiger partial charge in [-0.25, -0.2) is 0 Å². The summed E-state index contributed by atoms with van der Waals surface area (Å²) in [4.78, 5) is 0. The van der Waals surface area contributed by atoms with Crippen LogP contribution in [-0.2, 0) is 0 Å². The van der Waals surface area contributed by atoms with Gasteiger partial charge in [0.05, 0.1) is 0 Å². The Morgan fingerprint density at radius 3 is 1.71 bits per heavy atom. The molecule has 0 nitrogen and oxygen atoms in total. The summed E-state index contributed by atoms with van der Waals surface area (Å²) in [6.45, 7) is 17.2. The lowest BCUT2D eigenvalue weighted by molar-refractivity contribution is -0.148. The molecule has 14 heavy (non-hydrogen) atoms. The molecule has 0 amide bonds. The van der Waals surface area contributed by atoms with Crippen molar-refractivity contribution in [2.24, 2.45) is 16.7 Å². The largest absolute Gasteiger partial charge is 0.137 e. The maximum atomic E-state index is 2.54. The summed E-state index contributed by atoms with van der Waals surface area (Å²) < 4.78 is 0. The minimum Gasteiger partial charge on any atom is -0.0660 e. The number of hydrogen-bond acceptors (Lipinski definition) is 0. The molecule has 2 heterocycles. The van der Waals surface area contributed by atoms with E-state index in [1.807, 2.05) is 0 Å². The summed E-state index contributed by atoms with van der Waals surface area (Å²) in [5.41, 5.74) is 1.09. The summed E-state index contributed by atoms with van der Waals surface area (Å²) in [7, 11) is 1.47. The van der Waals surface area contributed by atoms with Crippen LogP contribution in [-0.4, -0.2) is 7.28 Å². The van der Waals surface area contributed by atoms with Crippen LogP contribution in [0.25, 0.3) is 0 Å². The van der Waals surface area contributed by atoms with E-state index < -0.39 is 0 Å². The lowest BCUT2D eigenvalue weighted by Crippen LogP contribution is -2.78. The number of rotatable bonds is 1. The van der Waals surface area contributed by atoms with Crippen molar-refractivity contribution >= 4 is 7.28 Å². The van der Waals surface area contributed by atoms with Crippen LogP contribution in [0.2, 0.25) is 10.6 Å². The summed E-state index contributed by atoms with van der Waals surface area (Å²) >= 11 is 0.